The van der Waals surface area contributed by atoms with E-state index in [9.17, 15) is 0 Å². The third-order valence-corrected chi connectivity index (χ3v) is 2.84. The first-order chi connectivity index (χ1) is 6.38. The van der Waals surface area contributed by atoms with Crippen molar-refractivity contribution in [3.05, 3.63) is 35.9 Å². The second-order valence-electron chi connectivity index (χ2n) is 3.28. The van der Waals surface area contributed by atoms with Crippen molar-refractivity contribution in [2.45, 2.75) is 32.3 Å². The highest BCUT2D eigenvalue weighted by Crippen LogP contribution is 2.21. The lowest BCUT2D eigenvalue weighted by molar-refractivity contribution is 0.211. The Morgan fingerprint density at radius 1 is 1.31 bits per heavy atom. The van der Waals surface area contributed by atoms with Crippen molar-refractivity contribution < 1.29 is 4.43 Å². The number of benzene rings is 1. The van der Waals surface area contributed by atoms with Gasteiger partial charge in [-0.1, -0.05) is 50.1 Å². The van der Waals surface area contributed by atoms with Crippen molar-refractivity contribution in [3.63, 3.8) is 0 Å². The molecule has 0 N–H and O–H groups in total. The van der Waals surface area contributed by atoms with Crippen LogP contribution < -0.4 is 0 Å². The minimum atomic E-state index is 0.341. The van der Waals surface area contributed by atoms with Gasteiger partial charge in [0, 0.05) is 0 Å². The Balaban J connectivity index is 2.56. The van der Waals surface area contributed by atoms with Crippen LogP contribution in [0, 0.1) is 0 Å². The Morgan fingerprint density at radius 3 is 2.54 bits per heavy atom. The quantitative estimate of drug-likeness (QED) is 0.653. The van der Waals surface area contributed by atoms with E-state index in [1.807, 2.05) is 6.07 Å². The van der Waals surface area contributed by atoms with E-state index < -0.39 is 0 Å². The molecule has 0 bridgehead atoms. The van der Waals surface area contributed by atoms with E-state index in [0.29, 0.717) is 6.10 Å². The van der Waals surface area contributed by atoms with E-state index in [0.717, 1.165) is 16.9 Å². The number of rotatable bonds is 5. The number of unbranched alkanes of at least 4 members (excludes halogenated alkanes) is 1. The molecule has 0 aliphatic rings. The fourth-order valence-electron chi connectivity index (χ4n) is 1.48. The molecule has 1 aromatic rings. The van der Waals surface area contributed by atoms with Gasteiger partial charge in [-0.25, -0.2) is 0 Å². The summed E-state index contributed by atoms with van der Waals surface area (Å²) >= 11 is 0. The van der Waals surface area contributed by atoms with E-state index in [-0.39, 0.29) is 0 Å². The SMILES string of the molecule is CCCCC(O[SiH3])c1ccccc1. The van der Waals surface area contributed by atoms with Crippen LogP contribution in [0.1, 0.15) is 37.9 Å². The average Bonchev–Trinajstić information content (AvgIpc) is 2.21. The van der Waals surface area contributed by atoms with Crippen LogP contribution in [0.5, 0.6) is 0 Å². The smallest absolute Gasteiger partial charge is 0.146 e. The monoisotopic (exact) mass is 194 g/mol. The third kappa shape index (κ3) is 3.33. The molecule has 1 unspecified atom stereocenters. The standard InChI is InChI=1S/C11H18OSi/c1-2-3-9-11(12-13)10-7-5-4-6-8-10/h4-8,11H,2-3,9H2,1,13H3. The Labute approximate surface area is 83.7 Å². The highest BCUT2D eigenvalue weighted by Gasteiger charge is 2.07. The van der Waals surface area contributed by atoms with Gasteiger partial charge in [0.25, 0.3) is 0 Å². The van der Waals surface area contributed by atoms with Gasteiger partial charge in [0.1, 0.15) is 10.5 Å². The van der Waals surface area contributed by atoms with Crippen LogP contribution in [0.3, 0.4) is 0 Å². The summed E-state index contributed by atoms with van der Waals surface area (Å²) in [4.78, 5) is 0. The molecule has 0 radical (unpaired) electrons. The van der Waals surface area contributed by atoms with Crippen LogP contribution in [0.4, 0.5) is 0 Å². The third-order valence-electron chi connectivity index (χ3n) is 2.28. The molecule has 2 heteroatoms. The molecule has 1 atom stereocenters. The van der Waals surface area contributed by atoms with E-state index >= 15 is 0 Å². The molecule has 72 valence electrons. The maximum Gasteiger partial charge on any atom is 0.146 e. The van der Waals surface area contributed by atoms with Gasteiger partial charge in [0.2, 0.25) is 0 Å². The molecule has 0 aliphatic carbocycles. The highest BCUT2D eigenvalue weighted by molar-refractivity contribution is 5.98. The molecule has 1 nitrogen and oxygen atoms in total. The second-order valence-corrected chi connectivity index (χ2v) is 3.75. The fraction of sp³-hybridized carbons (Fsp3) is 0.455. The molecule has 0 amide bonds. The first kappa shape index (κ1) is 10.5. The van der Waals surface area contributed by atoms with Crippen LogP contribution >= 0.6 is 0 Å². The Hall–Kier alpha value is -0.603. The Bertz CT molecular complexity index is 223. The molecule has 0 saturated heterocycles. The van der Waals surface area contributed by atoms with Gasteiger partial charge in [-0.3, -0.25) is 0 Å². The summed E-state index contributed by atoms with van der Waals surface area (Å²) in [6.45, 7) is 2.22. The van der Waals surface area contributed by atoms with Crippen LogP contribution in [-0.4, -0.2) is 10.5 Å². The van der Waals surface area contributed by atoms with E-state index in [1.165, 1.54) is 18.4 Å². The largest absolute Gasteiger partial charge is 0.421 e. The van der Waals surface area contributed by atoms with Crippen molar-refractivity contribution >= 4 is 10.5 Å². The zero-order valence-corrected chi connectivity index (χ0v) is 10.5. The van der Waals surface area contributed by atoms with Crippen molar-refractivity contribution in [2.75, 3.05) is 0 Å². The van der Waals surface area contributed by atoms with Crippen molar-refractivity contribution in [2.24, 2.45) is 0 Å². The zero-order chi connectivity index (χ0) is 9.52. The molecule has 13 heavy (non-hydrogen) atoms. The molecule has 0 heterocycles. The Kier molecular flexibility index (Phi) is 4.79. The lowest BCUT2D eigenvalue weighted by atomic mass is 10.0. The van der Waals surface area contributed by atoms with E-state index in [2.05, 4.69) is 31.2 Å². The predicted octanol–water partition coefficient (Wildman–Crippen LogP) is 2.21. The second kappa shape index (κ2) is 5.94. The molecule has 1 rings (SSSR count). The van der Waals surface area contributed by atoms with Gasteiger partial charge >= 0.3 is 0 Å². The molecular formula is C11H18OSi. The topological polar surface area (TPSA) is 9.23 Å². The molecule has 1 aromatic carbocycles. The maximum atomic E-state index is 5.58. The lowest BCUT2D eigenvalue weighted by Crippen LogP contribution is -2.01. The van der Waals surface area contributed by atoms with Gasteiger partial charge in [-0.15, -0.1) is 0 Å². The number of hydrogen-bond donors (Lipinski definition) is 0. The minimum Gasteiger partial charge on any atom is -0.421 e. The van der Waals surface area contributed by atoms with Crippen molar-refractivity contribution in [1.29, 1.82) is 0 Å². The maximum absolute atomic E-state index is 5.58. The molecule has 0 aromatic heterocycles. The summed E-state index contributed by atoms with van der Waals surface area (Å²) < 4.78 is 5.58. The van der Waals surface area contributed by atoms with Crippen LogP contribution in [0.15, 0.2) is 30.3 Å². The first-order valence-corrected chi connectivity index (χ1v) is 5.78. The summed E-state index contributed by atoms with van der Waals surface area (Å²) in [6, 6.07) is 10.5. The van der Waals surface area contributed by atoms with Crippen molar-refractivity contribution in [1.82, 2.24) is 0 Å². The average molecular weight is 194 g/mol. The van der Waals surface area contributed by atoms with Crippen molar-refractivity contribution in [3.8, 4) is 0 Å². The minimum absolute atomic E-state index is 0.341. The molecule has 0 spiro atoms. The van der Waals surface area contributed by atoms with Gasteiger partial charge in [-0.2, -0.15) is 0 Å². The van der Waals surface area contributed by atoms with Crippen LogP contribution in [0.2, 0.25) is 0 Å². The zero-order valence-electron chi connectivity index (χ0n) is 8.49. The summed E-state index contributed by atoms with van der Waals surface area (Å²) in [6.07, 6.45) is 3.99. The van der Waals surface area contributed by atoms with Gasteiger partial charge in [0.05, 0.1) is 6.10 Å². The van der Waals surface area contributed by atoms with E-state index in [1.54, 1.807) is 0 Å². The number of hydrogen-bond acceptors (Lipinski definition) is 1. The first-order valence-electron chi connectivity index (χ1n) is 4.96. The highest BCUT2D eigenvalue weighted by atomic mass is 28.2. The summed E-state index contributed by atoms with van der Waals surface area (Å²) in [5.41, 5.74) is 1.32. The van der Waals surface area contributed by atoms with Gasteiger partial charge in [-0.05, 0) is 12.0 Å². The molecule has 0 saturated carbocycles. The van der Waals surface area contributed by atoms with Crippen LogP contribution in [0.25, 0.3) is 0 Å². The van der Waals surface area contributed by atoms with Crippen LogP contribution in [-0.2, 0) is 4.43 Å². The van der Waals surface area contributed by atoms with E-state index in [4.69, 9.17) is 4.43 Å². The summed E-state index contributed by atoms with van der Waals surface area (Å²) in [7, 11) is 0.824. The molecule has 0 aliphatic heterocycles. The normalized spacial score (nSPS) is 13.0. The molecule has 0 fully saturated rings. The lowest BCUT2D eigenvalue weighted by Gasteiger charge is -2.15. The fourth-order valence-corrected chi connectivity index (χ4v) is 1.99. The summed E-state index contributed by atoms with van der Waals surface area (Å²) in [5, 5.41) is 0. The van der Waals surface area contributed by atoms with Gasteiger partial charge < -0.3 is 4.43 Å². The predicted molar refractivity (Wildman–Crippen MR) is 59.7 cm³/mol. The summed E-state index contributed by atoms with van der Waals surface area (Å²) in [5.74, 6) is 0. The van der Waals surface area contributed by atoms with Gasteiger partial charge in [0.15, 0.2) is 0 Å². The molecular weight excluding hydrogens is 176 g/mol. The Morgan fingerprint density at radius 2 is 2.00 bits per heavy atom.